The fraction of sp³-hybridized carbons (Fsp3) is 0.667. The minimum absolute atomic E-state index is 0.873. The highest BCUT2D eigenvalue weighted by Gasteiger charge is 2.19. The number of piperidine rings is 1. The van der Waals surface area contributed by atoms with Crippen LogP contribution in [0.2, 0.25) is 0 Å². The molecule has 17 heavy (non-hydrogen) atoms. The molecule has 0 saturated carbocycles. The van der Waals surface area contributed by atoms with E-state index in [1.807, 2.05) is 18.4 Å². The van der Waals surface area contributed by atoms with Crippen molar-refractivity contribution < 1.29 is 0 Å². The highest BCUT2D eigenvalue weighted by Crippen LogP contribution is 2.33. The van der Waals surface area contributed by atoms with Crippen molar-refractivity contribution in [2.24, 2.45) is 5.92 Å². The van der Waals surface area contributed by atoms with E-state index < -0.39 is 0 Å². The van der Waals surface area contributed by atoms with Gasteiger partial charge in [0.2, 0.25) is 0 Å². The van der Waals surface area contributed by atoms with Crippen molar-refractivity contribution in [2.75, 3.05) is 26.7 Å². The van der Waals surface area contributed by atoms with Crippen LogP contribution in [0, 0.1) is 5.92 Å². The first-order valence-corrected chi connectivity index (χ1v) is 8.40. The van der Waals surface area contributed by atoms with Gasteiger partial charge >= 0.3 is 0 Å². The van der Waals surface area contributed by atoms with Crippen molar-refractivity contribution in [3.63, 3.8) is 0 Å². The van der Waals surface area contributed by atoms with E-state index in [2.05, 4.69) is 48.1 Å². The van der Waals surface area contributed by atoms with Gasteiger partial charge in [-0.3, -0.25) is 4.90 Å². The van der Waals surface area contributed by atoms with Crippen molar-refractivity contribution in [2.45, 2.75) is 19.4 Å². The molecule has 1 aromatic rings. The van der Waals surface area contributed by atoms with E-state index in [9.17, 15) is 0 Å². The molecule has 2 heterocycles. The zero-order valence-corrected chi connectivity index (χ0v) is 14.0. The molecule has 1 saturated heterocycles. The Balaban J connectivity index is 1.81. The Kier molecular flexibility index (Phi) is 5.49. The molecule has 1 aliphatic heterocycles. The quantitative estimate of drug-likeness (QED) is 0.855. The van der Waals surface area contributed by atoms with Crippen LogP contribution in [0.3, 0.4) is 0 Å². The summed E-state index contributed by atoms with van der Waals surface area (Å²) in [7, 11) is 2.05. The minimum atomic E-state index is 0.873. The Morgan fingerprint density at radius 2 is 2.12 bits per heavy atom. The van der Waals surface area contributed by atoms with Crippen molar-refractivity contribution in [3.8, 4) is 0 Å². The van der Waals surface area contributed by atoms with Gasteiger partial charge in [-0.1, -0.05) is 0 Å². The first kappa shape index (κ1) is 14.0. The fourth-order valence-electron chi connectivity index (χ4n) is 2.33. The number of likely N-dealkylation sites (tertiary alicyclic amines) is 1. The van der Waals surface area contributed by atoms with Gasteiger partial charge < -0.3 is 5.32 Å². The molecule has 0 unspecified atom stereocenters. The van der Waals surface area contributed by atoms with Gasteiger partial charge in [0.05, 0.1) is 3.79 Å². The molecule has 5 heteroatoms. The van der Waals surface area contributed by atoms with Crippen molar-refractivity contribution >= 4 is 43.2 Å². The Morgan fingerprint density at radius 1 is 1.41 bits per heavy atom. The van der Waals surface area contributed by atoms with E-state index in [1.54, 1.807) is 0 Å². The second kappa shape index (κ2) is 6.66. The normalized spacial score (nSPS) is 18.8. The van der Waals surface area contributed by atoms with E-state index in [-0.39, 0.29) is 0 Å². The van der Waals surface area contributed by atoms with Crippen LogP contribution >= 0.6 is 43.2 Å². The van der Waals surface area contributed by atoms with Gasteiger partial charge in [0.25, 0.3) is 0 Å². The third-order valence-electron chi connectivity index (χ3n) is 3.28. The Labute approximate surface area is 124 Å². The number of hydrogen-bond acceptors (Lipinski definition) is 3. The highest BCUT2D eigenvalue weighted by molar-refractivity contribution is 9.13. The summed E-state index contributed by atoms with van der Waals surface area (Å²) in [5.41, 5.74) is 0. The average Bonchev–Trinajstić information content (AvgIpc) is 2.61. The minimum Gasteiger partial charge on any atom is -0.319 e. The molecule has 1 aromatic heterocycles. The largest absolute Gasteiger partial charge is 0.319 e. The SMILES string of the molecule is CNCC1CCN(Cc2cc(Br)c(Br)s2)CC1. The number of halogens is 2. The number of rotatable bonds is 4. The monoisotopic (exact) mass is 380 g/mol. The van der Waals surface area contributed by atoms with E-state index in [0.29, 0.717) is 0 Å². The van der Waals surface area contributed by atoms with Crippen LogP contribution in [0.4, 0.5) is 0 Å². The molecule has 1 fully saturated rings. The predicted molar refractivity (Wildman–Crippen MR) is 81.6 cm³/mol. The van der Waals surface area contributed by atoms with Crippen LogP contribution in [-0.2, 0) is 6.54 Å². The Hall–Kier alpha value is 0.580. The Bertz CT molecular complexity index is 340. The molecule has 0 aromatic carbocycles. The summed E-state index contributed by atoms with van der Waals surface area (Å²) in [6, 6.07) is 2.23. The zero-order valence-electron chi connectivity index (χ0n) is 10.0. The predicted octanol–water partition coefficient (Wildman–Crippen LogP) is 3.70. The van der Waals surface area contributed by atoms with E-state index >= 15 is 0 Å². The molecule has 1 aliphatic rings. The topological polar surface area (TPSA) is 15.3 Å². The summed E-state index contributed by atoms with van der Waals surface area (Å²) < 4.78 is 2.39. The molecule has 2 nitrogen and oxygen atoms in total. The maximum Gasteiger partial charge on any atom is 0.0843 e. The summed E-state index contributed by atoms with van der Waals surface area (Å²) in [4.78, 5) is 4.01. The van der Waals surface area contributed by atoms with E-state index in [4.69, 9.17) is 0 Å². The lowest BCUT2D eigenvalue weighted by Gasteiger charge is -2.31. The first-order valence-electron chi connectivity index (χ1n) is 5.99. The molecule has 1 N–H and O–H groups in total. The van der Waals surface area contributed by atoms with Crippen LogP contribution in [0.5, 0.6) is 0 Å². The fourth-order valence-corrected chi connectivity index (χ4v) is 4.55. The smallest absolute Gasteiger partial charge is 0.0843 e. The summed E-state index contributed by atoms with van der Waals surface area (Å²) in [6.07, 6.45) is 2.66. The average molecular weight is 382 g/mol. The molecule has 2 rings (SSSR count). The van der Waals surface area contributed by atoms with Crippen LogP contribution in [0.15, 0.2) is 14.3 Å². The lowest BCUT2D eigenvalue weighted by atomic mass is 9.97. The zero-order chi connectivity index (χ0) is 12.3. The van der Waals surface area contributed by atoms with Crippen LogP contribution in [-0.4, -0.2) is 31.6 Å². The van der Waals surface area contributed by atoms with E-state index in [0.717, 1.165) is 12.5 Å². The molecular weight excluding hydrogens is 364 g/mol. The van der Waals surface area contributed by atoms with Crippen LogP contribution < -0.4 is 5.32 Å². The summed E-state index contributed by atoms with van der Waals surface area (Å²) in [5, 5.41) is 3.28. The van der Waals surface area contributed by atoms with Gasteiger partial charge in [-0.2, -0.15) is 0 Å². The number of nitrogens with one attached hydrogen (secondary N) is 1. The first-order chi connectivity index (χ1) is 8.19. The van der Waals surface area contributed by atoms with Gasteiger partial charge in [0.15, 0.2) is 0 Å². The second-order valence-electron chi connectivity index (χ2n) is 4.61. The summed E-state index contributed by atoms with van der Waals surface area (Å²) in [5.74, 6) is 0.873. The van der Waals surface area contributed by atoms with Gasteiger partial charge in [0, 0.05) is 15.9 Å². The van der Waals surface area contributed by atoms with Gasteiger partial charge in [-0.15, -0.1) is 11.3 Å². The molecule has 96 valence electrons. The standard InChI is InChI=1S/C12H18Br2N2S/c1-15-7-9-2-4-16(5-3-9)8-10-6-11(13)12(14)17-10/h6,9,15H,2-5,7-8H2,1H3. The maximum atomic E-state index is 3.56. The molecule has 0 aliphatic carbocycles. The van der Waals surface area contributed by atoms with Gasteiger partial charge in [-0.05, 0) is 83.4 Å². The molecule has 0 spiro atoms. The van der Waals surface area contributed by atoms with Crippen molar-refractivity contribution in [3.05, 3.63) is 19.2 Å². The number of thiophene rings is 1. The molecule has 0 amide bonds. The second-order valence-corrected chi connectivity index (χ2v) is 7.92. The third-order valence-corrected chi connectivity index (χ3v) is 6.52. The lowest BCUT2D eigenvalue weighted by molar-refractivity contribution is 0.178. The number of nitrogens with zero attached hydrogens (tertiary/aromatic N) is 1. The van der Waals surface area contributed by atoms with E-state index in [1.165, 1.54) is 45.6 Å². The molecule has 0 atom stereocenters. The van der Waals surface area contributed by atoms with Crippen molar-refractivity contribution in [1.82, 2.24) is 10.2 Å². The van der Waals surface area contributed by atoms with Crippen molar-refractivity contribution in [1.29, 1.82) is 0 Å². The third kappa shape index (κ3) is 4.03. The highest BCUT2D eigenvalue weighted by atomic mass is 79.9. The lowest BCUT2D eigenvalue weighted by Crippen LogP contribution is -2.36. The summed E-state index contributed by atoms with van der Waals surface area (Å²) in [6.45, 7) is 4.74. The van der Waals surface area contributed by atoms with Crippen LogP contribution in [0.1, 0.15) is 17.7 Å². The maximum absolute atomic E-state index is 3.56. The Morgan fingerprint density at radius 3 is 2.65 bits per heavy atom. The molecule has 0 radical (unpaired) electrons. The summed E-state index contributed by atoms with van der Waals surface area (Å²) >= 11 is 8.94. The van der Waals surface area contributed by atoms with Crippen LogP contribution in [0.25, 0.3) is 0 Å². The van der Waals surface area contributed by atoms with Gasteiger partial charge in [0.1, 0.15) is 0 Å². The van der Waals surface area contributed by atoms with Gasteiger partial charge in [-0.25, -0.2) is 0 Å². The molecule has 0 bridgehead atoms. The number of hydrogen-bond donors (Lipinski definition) is 1. The molecular formula is C12H18Br2N2S.